The summed E-state index contributed by atoms with van der Waals surface area (Å²) in [7, 11) is -2.06. The van der Waals surface area contributed by atoms with Gasteiger partial charge in [-0.15, -0.1) is 0 Å². The molecule has 1 fully saturated rings. The zero-order chi connectivity index (χ0) is 44.5. The predicted molar refractivity (Wildman–Crippen MR) is 243 cm³/mol. The quantitative estimate of drug-likeness (QED) is 0.0626. The van der Waals surface area contributed by atoms with E-state index in [0.29, 0.717) is 18.7 Å². The van der Waals surface area contributed by atoms with Gasteiger partial charge < -0.3 is 35.0 Å². The van der Waals surface area contributed by atoms with Gasteiger partial charge in [-0.25, -0.2) is 8.42 Å². The van der Waals surface area contributed by atoms with Crippen molar-refractivity contribution >= 4 is 15.9 Å². The highest BCUT2D eigenvalue weighted by atomic mass is 32.2. The number of phenolic OH excluding ortho intramolecular Hbond substituents is 1. The minimum Gasteiger partial charge on any atom is -0.508 e. The summed E-state index contributed by atoms with van der Waals surface area (Å²) in [6.07, 6.45) is -2.01. The molecule has 1 aliphatic rings. The van der Waals surface area contributed by atoms with Crippen molar-refractivity contribution < 1.29 is 38.0 Å². The Labute approximate surface area is 370 Å². The fourth-order valence-corrected chi connectivity index (χ4v) is 9.09. The van der Waals surface area contributed by atoms with Gasteiger partial charge in [0.15, 0.2) is 6.29 Å². The Kier molecular flexibility index (Phi) is 14.9. The first-order valence-electron chi connectivity index (χ1n) is 21.1. The second-order valence-corrected chi connectivity index (χ2v) is 18.1. The summed E-state index contributed by atoms with van der Waals surface area (Å²) in [4.78, 5) is 15.9. The summed E-state index contributed by atoms with van der Waals surface area (Å²) < 4.78 is 43.0. The molecule has 6 atom stereocenters. The first-order valence-corrected chi connectivity index (χ1v) is 22.6. The Morgan fingerprint density at radius 2 is 1.44 bits per heavy atom. The molecule has 63 heavy (non-hydrogen) atoms. The van der Waals surface area contributed by atoms with Crippen LogP contribution in [-0.2, 0) is 43.9 Å². The summed E-state index contributed by atoms with van der Waals surface area (Å²) in [5, 5.41) is 33.7. The molecular weight excluding hydrogens is 815 g/mol. The third kappa shape index (κ3) is 11.9. The van der Waals surface area contributed by atoms with Gasteiger partial charge in [-0.05, 0) is 95.7 Å². The molecule has 12 heteroatoms. The van der Waals surface area contributed by atoms with E-state index in [-0.39, 0.29) is 48.3 Å². The SMILES string of the molecule is Cc1ccc(S(=O)(=O)N[C@H](Cc2ccccc2)C(=O)NCc2cccc(-c3cccc([C@@H]4O[C@H](CN(C)C[C@@H](O)c5cccc(O)c5)[C@H](C)[C@H](c5ccc(CO)cc5)O4)c3)c2)cc1. The summed E-state index contributed by atoms with van der Waals surface area (Å²) >= 11 is 0. The van der Waals surface area contributed by atoms with E-state index in [1.807, 2.05) is 122 Å². The van der Waals surface area contributed by atoms with Crippen LogP contribution in [0.1, 0.15) is 64.4 Å². The number of amides is 1. The van der Waals surface area contributed by atoms with Crippen LogP contribution in [-0.4, -0.2) is 66.8 Å². The number of aromatic hydroxyl groups is 1. The van der Waals surface area contributed by atoms with E-state index in [0.717, 1.165) is 44.5 Å². The lowest BCUT2D eigenvalue weighted by Crippen LogP contribution is -2.47. The van der Waals surface area contributed by atoms with E-state index in [1.54, 1.807) is 36.4 Å². The minimum atomic E-state index is -3.99. The van der Waals surface area contributed by atoms with Gasteiger partial charge in [-0.1, -0.05) is 128 Å². The van der Waals surface area contributed by atoms with Crippen molar-refractivity contribution in [3.8, 4) is 16.9 Å². The highest BCUT2D eigenvalue weighted by Crippen LogP contribution is 2.42. The van der Waals surface area contributed by atoms with Gasteiger partial charge >= 0.3 is 0 Å². The first-order chi connectivity index (χ1) is 30.3. The van der Waals surface area contributed by atoms with Crippen molar-refractivity contribution in [2.24, 2.45) is 5.92 Å². The van der Waals surface area contributed by atoms with E-state index in [9.17, 15) is 28.5 Å². The van der Waals surface area contributed by atoms with Crippen LogP contribution in [0.3, 0.4) is 0 Å². The van der Waals surface area contributed by atoms with Crippen molar-refractivity contribution in [1.29, 1.82) is 0 Å². The number of likely N-dealkylation sites (N-methyl/N-ethyl adjacent to an activating group) is 1. The molecule has 5 N–H and O–H groups in total. The molecule has 0 aromatic heterocycles. The number of benzene rings is 6. The Morgan fingerprint density at radius 1 is 0.762 bits per heavy atom. The van der Waals surface area contributed by atoms with Crippen molar-refractivity contribution in [3.05, 3.63) is 191 Å². The van der Waals surface area contributed by atoms with Crippen LogP contribution in [0.2, 0.25) is 0 Å². The molecule has 1 aliphatic heterocycles. The highest BCUT2D eigenvalue weighted by molar-refractivity contribution is 7.89. The number of phenols is 1. The van der Waals surface area contributed by atoms with Gasteiger partial charge in [0.2, 0.25) is 15.9 Å². The van der Waals surface area contributed by atoms with Gasteiger partial charge in [0.05, 0.1) is 29.8 Å². The fraction of sp³-hybridized carbons (Fsp3) is 0.275. The number of nitrogens with one attached hydrogen (secondary N) is 2. The molecule has 7 rings (SSSR count). The van der Waals surface area contributed by atoms with E-state index in [1.165, 1.54) is 12.1 Å². The van der Waals surface area contributed by atoms with E-state index in [4.69, 9.17) is 9.47 Å². The van der Waals surface area contributed by atoms with Crippen molar-refractivity contribution in [1.82, 2.24) is 14.9 Å². The molecule has 0 unspecified atom stereocenters. The number of aliphatic hydroxyl groups is 2. The largest absolute Gasteiger partial charge is 0.508 e. The number of nitrogens with zero attached hydrogens (tertiary/aromatic N) is 1. The fourth-order valence-electron chi connectivity index (χ4n) is 7.89. The van der Waals surface area contributed by atoms with Gasteiger partial charge in [0.25, 0.3) is 0 Å². The topological polar surface area (TPSA) is 158 Å². The molecule has 1 heterocycles. The average Bonchev–Trinajstić information content (AvgIpc) is 3.29. The third-order valence-electron chi connectivity index (χ3n) is 11.5. The minimum absolute atomic E-state index is 0.0623. The lowest BCUT2D eigenvalue weighted by atomic mass is 9.89. The van der Waals surface area contributed by atoms with Crippen molar-refractivity contribution in [2.75, 3.05) is 20.1 Å². The van der Waals surface area contributed by atoms with E-state index in [2.05, 4.69) is 17.0 Å². The maximum atomic E-state index is 13.8. The van der Waals surface area contributed by atoms with Gasteiger partial charge in [-0.3, -0.25) is 4.79 Å². The zero-order valence-electron chi connectivity index (χ0n) is 35.7. The molecule has 0 aliphatic carbocycles. The van der Waals surface area contributed by atoms with Crippen LogP contribution in [0.4, 0.5) is 0 Å². The highest BCUT2D eigenvalue weighted by Gasteiger charge is 2.39. The molecule has 0 saturated carbocycles. The molecule has 328 valence electrons. The third-order valence-corrected chi connectivity index (χ3v) is 13.0. The Bertz CT molecular complexity index is 2560. The van der Waals surface area contributed by atoms with Gasteiger partial charge in [0, 0.05) is 31.1 Å². The number of carbonyl (C=O) groups excluding carboxylic acids is 1. The summed E-state index contributed by atoms with van der Waals surface area (Å²) in [6, 6.07) is 44.9. The molecular formula is C51H55N3O8S. The van der Waals surface area contributed by atoms with Crippen LogP contribution in [0, 0.1) is 12.8 Å². The number of hydrogen-bond donors (Lipinski definition) is 5. The Morgan fingerprint density at radius 3 is 2.16 bits per heavy atom. The standard InChI is InChI=1S/C51H55N3O8S/c1-34-18-24-45(25-19-34)63(59,60)53-46(27-36-10-5-4-6-11-36)50(58)52-30-38-12-7-13-40(26-38)41-14-8-16-43(28-41)51-61-48(32-54(3)31-47(57)42-15-9-17-44(56)29-42)35(2)49(62-51)39-22-20-37(33-55)21-23-39/h4-26,28-29,35,46-49,51,53,55-57H,27,30-33H2,1-3H3,(H,52,58)/t35-,46+,47+,48+,49+,51+/m0/s1. The number of aliphatic hydroxyl groups excluding tert-OH is 2. The Hall–Kier alpha value is -5.70. The number of aryl methyl sites for hydroxylation is 1. The van der Waals surface area contributed by atoms with Crippen LogP contribution in [0.5, 0.6) is 5.75 Å². The van der Waals surface area contributed by atoms with Crippen LogP contribution >= 0.6 is 0 Å². The van der Waals surface area contributed by atoms with E-state index < -0.39 is 34.4 Å². The van der Waals surface area contributed by atoms with Crippen LogP contribution < -0.4 is 10.0 Å². The number of rotatable bonds is 17. The van der Waals surface area contributed by atoms with Gasteiger partial charge in [-0.2, -0.15) is 4.72 Å². The second kappa shape index (κ2) is 20.7. The summed E-state index contributed by atoms with van der Waals surface area (Å²) in [6.45, 7) is 4.89. The van der Waals surface area contributed by atoms with Crippen LogP contribution in [0.25, 0.3) is 11.1 Å². The number of ether oxygens (including phenoxy) is 2. The normalized spacial score (nSPS) is 18.8. The molecule has 0 bridgehead atoms. The zero-order valence-corrected chi connectivity index (χ0v) is 36.5. The van der Waals surface area contributed by atoms with Crippen LogP contribution in [0.15, 0.2) is 157 Å². The summed E-state index contributed by atoms with van der Waals surface area (Å²) in [5.41, 5.74) is 7.58. The summed E-state index contributed by atoms with van der Waals surface area (Å²) in [5.74, 6) is -0.432. The molecule has 1 saturated heterocycles. The predicted octanol–water partition coefficient (Wildman–Crippen LogP) is 7.52. The monoisotopic (exact) mass is 869 g/mol. The average molecular weight is 870 g/mol. The molecule has 1 amide bonds. The lowest BCUT2D eigenvalue weighted by Gasteiger charge is -2.42. The lowest BCUT2D eigenvalue weighted by molar-refractivity contribution is -0.276. The molecule has 6 aromatic carbocycles. The maximum Gasteiger partial charge on any atom is 0.241 e. The number of carbonyl (C=O) groups is 1. The molecule has 0 radical (unpaired) electrons. The molecule has 11 nitrogen and oxygen atoms in total. The number of hydrogen-bond acceptors (Lipinski definition) is 9. The van der Waals surface area contributed by atoms with Gasteiger partial charge in [0.1, 0.15) is 11.8 Å². The molecule has 6 aromatic rings. The Balaban J connectivity index is 1.08. The van der Waals surface area contributed by atoms with Crippen molar-refractivity contribution in [2.45, 2.75) is 69.0 Å². The maximum absolute atomic E-state index is 13.8. The van der Waals surface area contributed by atoms with E-state index >= 15 is 0 Å². The first kappa shape index (κ1) is 45.3. The second-order valence-electron chi connectivity index (χ2n) is 16.4. The smallest absolute Gasteiger partial charge is 0.241 e. The van der Waals surface area contributed by atoms with Crippen molar-refractivity contribution in [3.63, 3.8) is 0 Å². The molecule has 0 spiro atoms. The number of sulfonamides is 1.